The van der Waals surface area contributed by atoms with Gasteiger partial charge in [-0.3, -0.25) is 4.79 Å². The van der Waals surface area contributed by atoms with E-state index in [4.69, 9.17) is 0 Å². The first-order valence-electron chi connectivity index (χ1n) is 10.8. The molecule has 0 spiro atoms. The molecule has 0 unspecified atom stereocenters. The van der Waals surface area contributed by atoms with Crippen molar-refractivity contribution in [2.45, 2.75) is 75.1 Å². The molecule has 1 aromatic carbocycles. The zero-order valence-electron chi connectivity index (χ0n) is 16.7. The average molecular weight is 409 g/mol. The Labute approximate surface area is 169 Å². The van der Waals surface area contributed by atoms with Crippen molar-refractivity contribution in [2.75, 3.05) is 25.0 Å². The van der Waals surface area contributed by atoms with Gasteiger partial charge in [-0.1, -0.05) is 31.7 Å². The fourth-order valence-corrected chi connectivity index (χ4v) is 5.76. The van der Waals surface area contributed by atoms with Crippen molar-refractivity contribution in [3.05, 3.63) is 24.3 Å². The van der Waals surface area contributed by atoms with Crippen LogP contribution in [-0.2, 0) is 14.8 Å². The van der Waals surface area contributed by atoms with Crippen LogP contribution < -0.4 is 10.6 Å². The van der Waals surface area contributed by atoms with Crippen molar-refractivity contribution in [3.63, 3.8) is 0 Å². The van der Waals surface area contributed by atoms with Gasteiger partial charge in [0.1, 0.15) is 0 Å². The van der Waals surface area contributed by atoms with E-state index in [0.29, 0.717) is 31.4 Å². The van der Waals surface area contributed by atoms with Crippen LogP contribution in [0.2, 0.25) is 0 Å². The third kappa shape index (κ3) is 6.03. The lowest BCUT2D eigenvalue weighted by molar-refractivity contribution is -0.680. The molecule has 1 aromatic rings. The molecule has 1 amide bonds. The van der Waals surface area contributed by atoms with Crippen LogP contribution in [0.5, 0.6) is 0 Å². The van der Waals surface area contributed by atoms with Gasteiger partial charge in [0.15, 0.2) is 6.54 Å². The fourth-order valence-electron chi connectivity index (χ4n) is 4.20. The molecule has 1 saturated heterocycles. The number of amides is 1. The Balaban J connectivity index is 1.55. The molecule has 7 heteroatoms. The number of carbonyl (C=O) groups is 1. The van der Waals surface area contributed by atoms with Crippen molar-refractivity contribution < 1.29 is 18.5 Å². The monoisotopic (exact) mass is 408 g/mol. The van der Waals surface area contributed by atoms with Crippen molar-refractivity contribution in [1.82, 2.24) is 4.31 Å². The Morgan fingerprint density at radius 1 is 1.00 bits per heavy atom. The maximum Gasteiger partial charge on any atom is 0.279 e. The van der Waals surface area contributed by atoms with Crippen LogP contribution in [0, 0.1) is 0 Å². The second kappa shape index (κ2) is 10.4. The predicted octanol–water partition coefficient (Wildman–Crippen LogP) is 2.48. The summed E-state index contributed by atoms with van der Waals surface area (Å²) in [6.07, 6.45) is 11.7. The molecule has 3 N–H and O–H groups in total. The smallest absolute Gasteiger partial charge is 0.279 e. The largest absolute Gasteiger partial charge is 0.336 e. The van der Waals surface area contributed by atoms with E-state index in [2.05, 4.69) is 10.6 Å². The fraction of sp³-hybridized carbons (Fsp3) is 0.667. The molecule has 1 saturated carbocycles. The lowest BCUT2D eigenvalue weighted by Crippen LogP contribution is -2.91. The number of nitrogens with zero attached hydrogens (tertiary/aromatic N) is 1. The number of benzene rings is 1. The summed E-state index contributed by atoms with van der Waals surface area (Å²) >= 11 is 0. The summed E-state index contributed by atoms with van der Waals surface area (Å²) in [5.41, 5.74) is 0.550. The van der Waals surface area contributed by atoms with E-state index in [1.165, 1.54) is 44.9 Å². The highest BCUT2D eigenvalue weighted by atomic mass is 32.2. The summed E-state index contributed by atoms with van der Waals surface area (Å²) in [5, 5.41) is 5.02. The van der Waals surface area contributed by atoms with E-state index >= 15 is 0 Å². The second-order valence-electron chi connectivity index (χ2n) is 8.09. The first kappa shape index (κ1) is 21.3. The van der Waals surface area contributed by atoms with Crippen LogP contribution in [0.15, 0.2) is 29.2 Å². The van der Waals surface area contributed by atoms with Gasteiger partial charge in [-0.05, 0) is 56.7 Å². The maximum absolute atomic E-state index is 12.8. The Hall–Kier alpha value is -1.44. The third-order valence-electron chi connectivity index (χ3n) is 5.86. The van der Waals surface area contributed by atoms with Gasteiger partial charge in [0.25, 0.3) is 5.91 Å². The number of anilines is 1. The highest BCUT2D eigenvalue weighted by Gasteiger charge is 2.26. The standard InChI is InChI=1S/C21H33N3O3S/c25-21(17-22-18-10-5-2-1-3-6-11-18)23-19-12-9-13-20(16-19)28(26,27)24-14-7-4-8-15-24/h9,12-13,16,18,22H,1-8,10-11,14-15,17H2,(H,23,25)/p+1. The average Bonchev–Trinajstić information content (AvgIpc) is 2.68. The van der Waals surface area contributed by atoms with Crippen molar-refractivity contribution in [1.29, 1.82) is 0 Å². The number of hydrogen-bond donors (Lipinski definition) is 2. The van der Waals surface area contributed by atoms with Gasteiger partial charge < -0.3 is 10.6 Å². The Morgan fingerprint density at radius 2 is 1.64 bits per heavy atom. The van der Waals surface area contributed by atoms with E-state index < -0.39 is 10.0 Å². The molecule has 3 rings (SSSR count). The number of sulfonamides is 1. The van der Waals surface area contributed by atoms with Crippen LogP contribution in [0.25, 0.3) is 0 Å². The molecule has 1 heterocycles. The van der Waals surface area contributed by atoms with E-state index in [9.17, 15) is 13.2 Å². The Bertz CT molecular complexity index is 737. The predicted molar refractivity (Wildman–Crippen MR) is 111 cm³/mol. The number of nitrogens with two attached hydrogens (primary N) is 1. The minimum absolute atomic E-state index is 0.0745. The number of carbonyl (C=O) groups excluding carboxylic acids is 1. The summed E-state index contributed by atoms with van der Waals surface area (Å²) in [5.74, 6) is -0.0745. The zero-order chi connectivity index (χ0) is 19.8. The highest BCUT2D eigenvalue weighted by molar-refractivity contribution is 7.89. The molecule has 1 aliphatic carbocycles. The molecule has 2 aliphatic rings. The van der Waals surface area contributed by atoms with Crippen molar-refractivity contribution >= 4 is 21.6 Å². The highest BCUT2D eigenvalue weighted by Crippen LogP contribution is 2.22. The number of piperidine rings is 1. The van der Waals surface area contributed by atoms with Gasteiger partial charge in [-0.15, -0.1) is 0 Å². The number of hydrogen-bond acceptors (Lipinski definition) is 3. The van der Waals surface area contributed by atoms with Gasteiger partial charge in [0.2, 0.25) is 10.0 Å². The van der Waals surface area contributed by atoms with E-state index in [0.717, 1.165) is 19.3 Å². The zero-order valence-corrected chi connectivity index (χ0v) is 17.6. The Morgan fingerprint density at radius 3 is 2.36 bits per heavy atom. The summed E-state index contributed by atoms with van der Waals surface area (Å²) in [4.78, 5) is 12.6. The number of quaternary nitrogens is 1. The van der Waals surface area contributed by atoms with E-state index in [1.54, 1.807) is 28.6 Å². The summed E-state index contributed by atoms with van der Waals surface area (Å²) in [6, 6.07) is 7.17. The summed E-state index contributed by atoms with van der Waals surface area (Å²) in [6.45, 7) is 1.54. The van der Waals surface area contributed by atoms with Crippen LogP contribution in [0.4, 0.5) is 5.69 Å². The molecule has 2 fully saturated rings. The normalized spacial score (nSPS) is 20.3. The van der Waals surface area contributed by atoms with Gasteiger partial charge in [-0.2, -0.15) is 4.31 Å². The van der Waals surface area contributed by atoms with Gasteiger partial charge in [-0.25, -0.2) is 8.42 Å². The summed E-state index contributed by atoms with van der Waals surface area (Å²) in [7, 11) is -3.48. The maximum atomic E-state index is 12.8. The first-order chi connectivity index (χ1) is 13.6. The lowest BCUT2D eigenvalue weighted by atomic mass is 9.97. The quantitative estimate of drug-likeness (QED) is 0.758. The SMILES string of the molecule is O=C(C[NH2+]C1CCCCCCC1)Nc1cccc(S(=O)(=O)N2CCCCC2)c1. The van der Waals surface area contributed by atoms with Gasteiger partial charge in [0.05, 0.1) is 10.9 Å². The number of rotatable bonds is 6. The molecule has 28 heavy (non-hydrogen) atoms. The first-order valence-corrected chi connectivity index (χ1v) is 12.2. The van der Waals surface area contributed by atoms with E-state index in [-0.39, 0.29) is 10.8 Å². The van der Waals surface area contributed by atoms with Crippen molar-refractivity contribution in [3.8, 4) is 0 Å². The molecule has 156 valence electrons. The van der Waals surface area contributed by atoms with Crippen LogP contribution in [-0.4, -0.2) is 44.3 Å². The van der Waals surface area contributed by atoms with Crippen LogP contribution >= 0.6 is 0 Å². The molecular formula is C21H34N3O3S+. The Kier molecular flexibility index (Phi) is 7.88. The van der Waals surface area contributed by atoms with Crippen LogP contribution in [0.3, 0.4) is 0 Å². The summed E-state index contributed by atoms with van der Waals surface area (Å²) < 4.78 is 27.2. The van der Waals surface area contributed by atoms with Crippen LogP contribution in [0.1, 0.15) is 64.2 Å². The van der Waals surface area contributed by atoms with Gasteiger partial charge in [0, 0.05) is 18.8 Å². The molecule has 6 nitrogen and oxygen atoms in total. The minimum atomic E-state index is -3.48. The third-order valence-corrected chi connectivity index (χ3v) is 7.75. The second-order valence-corrected chi connectivity index (χ2v) is 10.0. The molecular weight excluding hydrogens is 374 g/mol. The minimum Gasteiger partial charge on any atom is -0.336 e. The molecule has 0 radical (unpaired) electrons. The lowest BCUT2D eigenvalue weighted by Gasteiger charge is -2.26. The molecule has 0 bridgehead atoms. The topological polar surface area (TPSA) is 83.1 Å². The molecule has 1 aliphatic heterocycles. The van der Waals surface area contributed by atoms with Crippen molar-refractivity contribution in [2.24, 2.45) is 0 Å². The van der Waals surface area contributed by atoms with E-state index in [1.807, 2.05) is 0 Å². The molecule has 0 atom stereocenters. The number of nitrogens with one attached hydrogen (secondary N) is 1. The molecule has 0 aromatic heterocycles. The van der Waals surface area contributed by atoms with Gasteiger partial charge >= 0.3 is 0 Å².